The van der Waals surface area contributed by atoms with Crippen molar-refractivity contribution in [2.24, 2.45) is 10.9 Å². The highest BCUT2D eigenvalue weighted by Gasteiger charge is 2.29. The van der Waals surface area contributed by atoms with Crippen LogP contribution in [0.4, 0.5) is 4.39 Å². The lowest BCUT2D eigenvalue weighted by molar-refractivity contribution is 0.0691. The molecule has 1 aliphatic heterocycles. The number of carboxylic acids is 1. The molecular formula is C22H19ClFN3O2. The molecule has 1 aromatic heterocycles. The van der Waals surface area contributed by atoms with Crippen LogP contribution in [-0.2, 0) is 0 Å². The first-order valence-electron chi connectivity index (χ1n) is 9.30. The standard InChI is InChI=1S/C22H19ClFN3O2/c1-12(2)9-17-21-26-18(22(28)29)11-27(21)19-8-7-13(23)10-15(19)20(25-17)14-5-3-4-6-16(14)24/h3-8,10-12,17H,9H2,1-2H3,(H,28,29). The molecule has 0 aliphatic carbocycles. The number of benzene rings is 2. The fraction of sp³-hybridized carbons (Fsp3) is 0.227. The number of fused-ring (bicyclic) bond motifs is 3. The number of halogens is 2. The molecule has 1 aliphatic rings. The van der Waals surface area contributed by atoms with Gasteiger partial charge in [0.2, 0.25) is 0 Å². The van der Waals surface area contributed by atoms with Crippen LogP contribution < -0.4 is 0 Å². The SMILES string of the molecule is CC(C)CC1N=C(c2ccccc2F)c2cc(Cl)ccc2-n2cc(C(=O)O)nc21. The van der Waals surface area contributed by atoms with E-state index in [1.165, 1.54) is 12.3 Å². The summed E-state index contributed by atoms with van der Waals surface area (Å²) in [4.78, 5) is 20.8. The van der Waals surface area contributed by atoms with E-state index in [0.29, 0.717) is 39.8 Å². The van der Waals surface area contributed by atoms with Crippen LogP contribution in [0.2, 0.25) is 5.02 Å². The van der Waals surface area contributed by atoms with Crippen LogP contribution in [0.1, 0.15) is 53.7 Å². The van der Waals surface area contributed by atoms with Crippen molar-refractivity contribution in [1.82, 2.24) is 9.55 Å². The maximum absolute atomic E-state index is 14.7. The molecule has 0 radical (unpaired) electrons. The number of aromatic carboxylic acids is 1. The molecule has 2 heterocycles. The number of aliphatic imine (C=N–C) groups is 1. The third-order valence-corrected chi connectivity index (χ3v) is 5.07. The molecule has 148 valence electrons. The minimum atomic E-state index is -1.11. The van der Waals surface area contributed by atoms with E-state index in [2.05, 4.69) is 18.8 Å². The Labute approximate surface area is 172 Å². The highest BCUT2D eigenvalue weighted by Crippen LogP contribution is 2.35. The van der Waals surface area contributed by atoms with Crippen molar-refractivity contribution in [3.05, 3.63) is 82.1 Å². The van der Waals surface area contributed by atoms with E-state index in [4.69, 9.17) is 16.6 Å². The van der Waals surface area contributed by atoms with E-state index in [1.807, 2.05) is 0 Å². The predicted molar refractivity (Wildman–Crippen MR) is 110 cm³/mol. The summed E-state index contributed by atoms with van der Waals surface area (Å²) in [6.45, 7) is 4.11. The predicted octanol–water partition coefficient (Wildman–Crippen LogP) is 5.30. The Hall–Kier alpha value is -2.99. The van der Waals surface area contributed by atoms with E-state index in [0.717, 1.165) is 0 Å². The maximum Gasteiger partial charge on any atom is 0.356 e. The molecule has 4 rings (SSSR count). The van der Waals surface area contributed by atoms with Crippen LogP contribution in [0.25, 0.3) is 5.69 Å². The van der Waals surface area contributed by atoms with Crippen LogP contribution >= 0.6 is 11.6 Å². The van der Waals surface area contributed by atoms with Crippen LogP contribution in [0.3, 0.4) is 0 Å². The first-order valence-corrected chi connectivity index (χ1v) is 9.68. The van der Waals surface area contributed by atoms with Gasteiger partial charge in [0, 0.05) is 22.3 Å². The van der Waals surface area contributed by atoms with Gasteiger partial charge in [0.05, 0.1) is 11.4 Å². The van der Waals surface area contributed by atoms with Crippen molar-refractivity contribution in [2.75, 3.05) is 0 Å². The van der Waals surface area contributed by atoms with Crippen molar-refractivity contribution in [3.63, 3.8) is 0 Å². The molecular weight excluding hydrogens is 393 g/mol. The summed E-state index contributed by atoms with van der Waals surface area (Å²) in [5.41, 5.74) is 2.09. The molecule has 5 nitrogen and oxygen atoms in total. The largest absolute Gasteiger partial charge is 0.476 e. The normalized spacial score (nSPS) is 15.5. The number of carbonyl (C=O) groups is 1. The van der Waals surface area contributed by atoms with Gasteiger partial charge < -0.3 is 9.67 Å². The fourth-order valence-electron chi connectivity index (χ4n) is 3.59. The average molecular weight is 412 g/mol. The second-order valence-electron chi connectivity index (χ2n) is 7.42. The molecule has 29 heavy (non-hydrogen) atoms. The van der Waals surface area contributed by atoms with Gasteiger partial charge >= 0.3 is 5.97 Å². The number of hydrogen-bond donors (Lipinski definition) is 1. The molecule has 0 bridgehead atoms. The number of carboxylic acid groups (broad SMARTS) is 1. The van der Waals surface area contributed by atoms with Crippen LogP contribution in [0.15, 0.2) is 53.7 Å². The van der Waals surface area contributed by atoms with Gasteiger partial charge in [-0.2, -0.15) is 0 Å². The van der Waals surface area contributed by atoms with E-state index in [9.17, 15) is 14.3 Å². The third kappa shape index (κ3) is 3.56. The topological polar surface area (TPSA) is 67.5 Å². The molecule has 1 N–H and O–H groups in total. The fourth-order valence-corrected chi connectivity index (χ4v) is 3.76. The Balaban J connectivity index is 2.04. The van der Waals surface area contributed by atoms with Gasteiger partial charge in [-0.15, -0.1) is 0 Å². The van der Waals surface area contributed by atoms with Gasteiger partial charge in [0.1, 0.15) is 17.7 Å². The summed E-state index contributed by atoms with van der Waals surface area (Å²) in [6.07, 6.45) is 2.12. The average Bonchev–Trinajstić information content (AvgIpc) is 3.07. The van der Waals surface area contributed by atoms with Crippen LogP contribution in [0.5, 0.6) is 0 Å². The summed E-state index contributed by atoms with van der Waals surface area (Å²) in [5.74, 6) is -0.700. The quantitative estimate of drug-likeness (QED) is 0.633. The van der Waals surface area contributed by atoms with Gasteiger partial charge in [-0.1, -0.05) is 37.6 Å². The Morgan fingerprint density at radius 3 is 2.69 bits per heavy atom. The lowest BCUT2D eigenvalue weighted by Crippen LogP contribution is -2.10. The summed E-state index contributed by atoms with van der Waals surface area (Å²) in [6, 6.07) is 11.3. The lowest BCUT2D eigenvalue weighted by Gasteiger charge is -2.15. The van der Waals surface area contributed by atoms with Crippen molar-refractivity contribution in [3.8, 4) is 5.69 Å². The smallest absolute Gasteiger partial charge is 0.356 e. The van der Waals surface area contributed by atoms with E-state index >= 15 is 0 Å². The molecule has 1 unspecified atom stereocenters. The molecule has 7 heteroatoms. The molecule has 0 amide bonds. The van der Waals surface area contributed by atoms with Crippen LogP contribution in [-0.4, -0.2) is 26.3 Å². The first-order chi connectivity index (χ1) is 13.8. The minimum Gasteiger partial charge on any atom is -0.476 e. The highest BCUT2D eigenvalue weighted by molar-refractivity contribution is 6.31. The lowest BCUT2D eigenvalue weighted by atomic mass is 9.99. The summed E-state index contributed by atoms with van der Waals surface area (Å²) >= 11 is 6.26. The van der Waals surface area contributed by atoms with Gasteiger partial charge in [-0.3, -0.25) is 4.99 Å². The zero-order chi connectivity index (χ0) is 20.7. The monoisotopic (exact) mass is 411 g/mol. The molecule has 0 saturated carbocycles. The Bertz CT molecular complexity index is 1140. The summed E-state index contributed by atoms with van der Waals surface area (Å²) in [7, 11) is 0. The third-order valence-electron chi connectivity index (χ3n) is 4.83. The maximum atomic E-state index is 14.7. The molecule has 2 aromatic carbocycles. The Kier molecular flexibility index (Phi) is 4.96. The van der Waals surface area contributed by atoms with Crippen molar-refractivity contribution < 1.29 is 14.3 Å². The summed E-state index contributed by atoms with van der Waals surface area (Å²) < 4.78 is 16.4. The Morgan fingerprint density at radius 1 is 1.24 bits per heavy atom. The molecule has 0 spiro atoms. The van der Waals surface area contributed by atoms with Crippen molar-refractivity contribution in [2.45, 2.75) is 26.3 Å². The van der Waals surface area contributed by atoms with Gasteiger partial charge in [-0.25, -0.2) is 14.2 Å². The van der Waals surface area contributed by atoms with E-state index < -0.39 is 12.0 Å². The van der Waals surface area contributed by atoms with Gasteiger partial charge in [-0.05, 0) is 42.7 Å². The summed E-state index contributed by atoms with van der Waals surface area (Å²) in [5, 5.41) is 9.93. The zero-order valence-electron chi connectivity index (χ0n) is 15.9. The number of nitrogens with zero attached hydrogens (tertiary/aromatic N) is 3. The van der Waals surface area contributed by atoms with Gasteiger partial charge in [0.25, 0.3) is 0 Å². The number of hydrogen-bond acceptors (Lipinski definition) is 3. The second-order valence-corrected chi connectivity index (χ2v) is 7.86. The van der Waals surface area contributed by atoms with Crippen molar-refractivity contribution >= 4 is 23.3 Å². The van der Waals surface area contributed by atoms with E-state index in [-0.39, 0.29) is 17.4 Å². The number of rotatable bonds is 4. The molecule has 0 fully saturated rings. The number of imidazole rings is 1. The molecule has 0 saturated heterocycles. The highest BCUT2D eigenvalue weighted by atomic mass is 35.5. The van der Waals surface area contributed by atoms with E-state index in [1.54, 1.807) is 41.0 Å². The minimum absolute atomic E-state index is 0.0563. The molecule has 1 atom stereocenters. The second kappa shape index (κ2) is 7.44. The molecule has 3 aromatic rings. The number of aromatic nitrogens is 2. The Morgan fingerprint density at radius 2 is 2.00 bits per heavy atom. The van der Waals surface area contributed by atoms with Crippen molar-refractivity contribution in [1.29, 1.82) is 0 Å². The van der Waals surface area contributed by atoms with Gasteiger partial charge in [0.15, 0.2) is 5.69 Å². The zero-order valence-corrected chi connectivity index (χ0v) is 16.7. The van der Waals surface area contributed by atoms with Crippen LogP contribution in [0, 0.1) is 11.7 Å². The first kappa shape index (κ1) is 19.3.